The van der Waals surface area contributed by atoms with Crippen LogP contribution < -0.4 is 4.90 Å². The molecule has 240 valence electrons. The molecule has 3 aliphatic rings. The molecule has 2 aliphatic heterocycles. The van der Waals surface area contributed by atoms with E-state index in [-0.39, 0.29) is 16.2 Å². The molecule has 0 aromatic heterocycles. The minimum absolute atomic E-state index is 0.131. The fraction of sp³-hybridized carbons (Fsp3) is 0.341. The van der Waals surface area contributed by atoms with Gasteiger partial charge in [-0.2, -0.15) is 4.58 Å². The van der Waals surface area contributed by atoms with E-state index in [0.29, 0.717) is 5.92 Å². The molecular weight excluding hydrogens is 592 g/mol. The molecule has 0 spiro atoms. The zero-order valence-electron chi connectivity index (χ0n) is 29.5. The highest BCUT2D eigenvalue weighted by atomic mass is 35.5. The van der Waals surface area contributed by atoms with Gasteiger partial charge in [-0.1, -0.05) is 113 Å². The average molecular weight is 640 g/mol. The number of hydrogen-bond donors (Lipinski definition) is 0. The highest BCUT2D eigenvalue weighted by Crippen LogP contribution is 2.51. The van der Waals surface area contributed by atoms with Crippen molar-refractivity contribution in [3.8, 4) is 0 Å². The molecule has 47 heavy (non-hydrogen) atoms. The fourth-order valence-electron chi connectivity index (χ4n) is 8.63. The van der Waals surface area contributed by atoms with Crippen molar-refractivity contribution >= 4 is 50.2 Å². The Hall–Kier alpha value is -3.88. The molecule has 0 N–H and O–H groups in total. The summed E-state index contributed by atoms with van der Waals surface area (Å²) in [7, 11) is 4.41. The topological polar surface area (TPSA) is 6.25 Å². The number of allylic oxidation sites excluding steroid dienone is 8. The lowest BCUT2D eigenvalue weighted by Crippen LogP contribution is -2.27. The molecule has 1 atom stereocenters. The second kappa shape index (κ2) is 11.1. The van der Waals surface area contributed by atoms with E-state index in [2.05, 4.69) is 169 Å². The van der Waals surface area contributed by atoms with Gasteiger partial charge in [-0.3, -0.25) is 0 Å². The first-order valence-corrected chi connectivity index (χ1v) is 17.5. The van der Waals surface area contributed by atoms with Crippen molar-refractivity contribution in [2.75, 3.05) is 19.0 Å². The van der Waals surface area contributed by atoms with Crippen LogP contribution in [0.5, 0.6) is 0 Å². The standard InChI is InChI=1S/C44H48ClN2/c1-42(2,3)32-26-30(20-24-37-43(4,5)39-33-16-12-10-14-28(33)18-22-35(39)46(37)8)41(45)31(27-32)21-25-38-44(6,7)40-34-17-13-11-15-29(34)19-23-36(40)47(38)9/h10-25,32H,26-27H2,1-9H3/q+1. The molecule has 0 saturated heterocycles. The van der Waals surface area contributed by atoms with Crippen molar-refractivity contribution in [2.45, 2.75) is 72.1 Å². The Morgan fingerprint density at radius 3 is 2.04 bits per heavy atom. The Kier molecular flexibility index (Phi) is 7.48. The van der Waals surface area contributed by atoms with Gasteiger partial charge in [0.15, 0.2) is 5.71 Å². The van der Waals surface area contributed by atoms with E-state index < -0.39 is 0 Å². The van der Waals surface area contributed by atoms with Gasteiger partial charge < -0.3 is 4.90 Å². The van der Waals surface area contributed by atoms with Crippen molar-refractivity contribution in [1.29, 1.82) is 0 Å². The van der Waals surface area contributed by atoms with Crippen LogP contribution in [0.1, 0.15) is 72.4 Å². The zero-order valence-corrected chi connectivity index (χ0v) is 30.3. The summed E-state index contributed by atoms with van der Waals surface area (Å²) in [5.74, 6) is 0.491. The number of likely N-dealkylation sites (N-methyl/N-ethyl adjacent to an activating group) is 1. The zero-order chi connectivity index (χ0) is 33.5. The van der Waals surface area contributed by atoms with E-state index in [1.807, 2.05) is 0 Å². The number of nitrogens with zero attached hydrogens (tertiary/aromatic N) is 2. The molecule has 2 nitrogen and oxygen atoms in total. The lowest BCUT2D eigenvalue weighted by Gasteiger charge is -2.35. The third kappa shape index (κ3) is 5.03. The predicted octanol–water partition coefficient (Wildman–Crippen LogP) is 11.7. The molecule has 7 rings (SSSR count). The van der Waals surface area contributed by atoms with Crippen LogP contribution in [0.2, 0.25) is 0 Å². The van der Waals surface area contributed by atoms with Crippen LogP contribution in [0.25, 0.3) is 21.5 Å². The van der Waals surface area contributed by atoms with Gasteiger partial charge in [-0.05, 0) is 94.5 Å². The summed E-state index contributed by atoms with van der Waals surface area (Å²) in [6, 6.07) is 26.6. The summed E-state index contributed by atoms with van der Waals surface area (Å²) in [4.78, 5) is 2.37. The van der Waals surface area contributed by atoms with Crippen LogP contribution in [-0.2, 0) is 10.8 Å². The van der Waals surface area contributed by atoms with Crippen molar-refractivity contribution in [2.24, 2.45) is 11.3 Å². The lowest BCUT2D eigenvalue weighted by atomic mass is 9.70. The van der Waals surface area contributed by atoms with Crippen molar-refractivity contribution in [1.82, 2.24) is 0 Å². The maximum absolute atomic E-state index is 7.38. The lowest BCUT2D eigenvalue weighted by molar-refractivity contribution is -0.401. The van der Waals surface area contributed by atoms with Gasteiger partial charge in [-0.15, -0.1) is 0 Å². The maximum atomic E-state index is 7.38. The number of fused-ring (bicyclic) bond motifs is 6. The van der Waals surface area contributed by atoms with Crippen LogP contribution in [-0.4, -0.2) is 24.4 Å². The highest BCUT2D eigenvalue weighted by molar-refractivity contribution is 6.32. The Bertz CT molecular complexity index is 2110. The Balaban J connectivity index is 1.28. The first-order valence-electron chi connectivity index (χ1n) is 17.1. The van der Waals surface area contributed by atoms with Crippen LogP contribution in [0.4, 0.5) is 11.4 Å². The van der Waals surface area contributed by atoms with Crippen molar-refractivity contribution in [3.63, 3.8) is 0 Å². The molecule has 3 heteroatoms. The molecule has 0 bridgehead atoms. The van der Waals surface area contributed by atoms with E-state index in [9.17, 15) is 0 Å². The minimum Gasteiger partial charge on any atom is -0.347 e. The summed E-state index contributed by atoms with van der Waals surface area (Å²) in [5, 5.41) is 6.16. The molecule has 0 saturated carbocycles. The van der Waals surface area contributed by atoms with E-state index >= 15 is 0 Å². The summed E-state index contributed by atoms with van der Waals surface area (Å²) >= 11 is 7.38. The molecule has 1 aliphatic carbocycles. The molecule has 4 aromatic rings. The first-order chi connectivity index (χ1) is 22.2. The van der Waals surface area contributed by atoms with E-state index in [4.69, 9.17) is 11.6 Å². The van der Waals surface area contributed by atoms with E-state index in [1.54, 1.807) is 0 Å². The number of anilines is 1. The Morgan fingerprint density at radius 1 is 0.766 bits per heavy atom. The van der Waals surface area contributed by atoms with Gasteiger partial charge in [0.25, 0.3) is 0 Å². The van der Waals surface area contributed by atoms with Crippen LogP contribution in [0.3, 0.4) is 0 Å². The molecule has 4 aromatic carbocycles. The van der Waals surface area contributed by atoms with Crippen molar-refractivity contribution < 1.29 is 4.58 Å². The van der Waals surface area contributed by atoms with Crippen LogP contribution in [0.15, 0.2) is 119 Å². The Labute approximate surface area is 286 Å². The van der Waals surface area contributed by atoms with E-state index in [1.165, 1.54) is 66.6 Å². The summed E-state index contributed by atoms with van der Waals surface area (Å²) in [5.41, 5.74) is 10.3. The minimum atomic E-state index is -0.131. The quantitative estimate of drug-likeness (QED) is 0.202. The SMILES string of the molecule is CN1C(=CC=C2CC(C(C)(C)C)CC(C=CC3=[N+](C)c4ccc5ccccc5c4C3(C)C)=C2Cl)C(C)(C)c2c1ccc1ccccc21. The van der Waals surface area contributed by atoms with Gasteiger partial charge >= 0.3 is 0 Å². The first kappa shape index (κ1) is 31.7. The normalized spacial score (nSPS) is 22.4. The molecule has 0 radical (unpaired) electrons. The summed E-state index contributed by atoms with van der Waals surface area (Å²) in [6.45, 7) is 16.5. The third-order valence-electron chi connectivity index (χ3n) is 11.4. The maximum Gasteiger partial charge on any atom is 0.210 e. The third-order valence-corrected chi connectivity index (χ3v) is 11.9. The number of benzene rings is 4. The number of rotatable bonds is 3. The van der Waals surface area contributed by atoms with Crippen molar-refractivity contribution in [3.05, 3.63) is 130 Å². The Morgan fingerprint density at radius 2 is 1.38 bits per heavy atom. The monoisotopic (exact) mass is 639 g/mol. The molecular formula is C44H48ClN2+. The second-order valence-electron chi connectivity index (χ2n) is 16.0. The van der Waals surface area contributed by atoms with Crippen LogP contribution in [0, 0.1) is 11.3 Å². The van der Waals surface area contributed by atoms with Gasteiger partial charge in [-0.25, -0.2) is 0 Å². The summed E-state index contributed by atoms with van der Waals surface area (Å²) in [6.07, 6.45) is 11.3. The smallest absolute Gasteiger partial charge is 0.210 e. The van der Waals surface area contributed by atoms with Gasteiger partial charge in [0.05, 0.1) is 5.41 Å². The molecule has 0 amide bonds. The second-order valence-corrected chi connectivity index (χ2v) is 16.4. The number of halogens is 1. The average Bonchev–Trinajstić information content (AvgIpc) is 3.36. The summed E-state index contributed by atoms with van der Waals surface area (Å²) < 4.78 is 2.37. The van der Waals surface area contributed by atoms with Gasteiger partial charge in [0.1, 0.15) is 7.05 Å². The molecule has 1 unspecified atom stereocenters. The van der Waals surface area contributed by atoms with Crippen LogP contribution >= 0.6 is 11.6 Å². The predicted molar refractivity (Wildman–Crippen MR) is 204 cm³/mol. The largest absolute Gasteiger partial charge is 0.347 e. The van der Waals surface area contributed by atoms with Gasteiger partial charge in [0.2, 0.25) is 5.69 Å². The fourth-order valence-corrected chi connectivity index (χ4v) is 8.91. The van der Waals surface area contributed by atoms with E-state index in [0.717, 1.165) is 17.9 Å². The van der Waals surface area contributed by atoms with Gasteiger partial charge in [0, 0.05) is 46.6 Å². The molecule has 0 fully saturated rings. The highest BCUT2D eigenvalue weighted by Gasteiger charge is 2.44. The molecule has 2 heterocycles. The number of hydrogen-bond acceptors (Lipinski definition) is 1.